The molecule has 0 aliphatic carbocycles. The Hall–Kier alpha value is -2.37. The second kappa shape index (κ2) is 4.87. The minimum Gasteiger partial charge on any atom is -0.364 e. The van der Waals surface area contributed by atoms with Crippen molar-refractivity contribution in [3.05, 3.63) is 35.4 Å². The summed E-state index contributed by atoms with van der Waals surface area (Å²) >= 11 is 0. The van der Waals surface area contributed by atoms with E-state index >= 15 is 0 Å². The quantitative estimate of drug-likeness (QED) is 0.867. The minimum atomic E-state index is -0.565. The third-order valence-electron chi connectivity index (χ3n) is 3.90. The number of primary amides is 1. The first kappa shape index (κ1) is 13.6. The van der Waals surface area contributed by atoms with Crippen LogP contribution in [0.1, 0.15) is 35.5 Å². The van der Waals surface area contributed by atoms with Gasteiger partial charge in [0.15, 0.2) is 5.69 Å². The summed E-state index contributed by atoms with van der Waals surface area (Å²) in [5.74, 6) is -0.552. The van der Waals surface area contributed by atoms with Gasteiger partial charge in [-0.15, -0.1) is 0 Å². The van der Waals surface area contributed by atoms with Gasteiger partial charge in [-0.3, -0.25) is 14.7 Å². The molecule has 0 saturated carbocycles. The van der Waals surface area contributed by atoms with Gasteiger partial charge < -0.3 is 10.6 Å². The summed E-state index contributed by atoms with van der Waals surface area (Å²) in [5.41, 5.74) is 8.39. The standard InChI is InChI=1S/C15H17N4O2/c1-8(2)19-7-10-9(4-6-12(19)20)3-5-11-13(10)14(15(16)21)18-17-11/h3,5-6,8H,4,7H2,1-2H3,(H2,16,21)(H,17,18). The number of benzene rings is 1. The smallest absolute Gasteiger partial charge is 0.269 e. The van der Waals surface area contributed by atoms with E-state index in [1.54, 1.807) is 11.3 Å². The van der Waals surface area contributed by atoms with Crippen LogP contribution in [0, 0.1) is 6.42 Å². The molecule has 1 aromatic heterocycles. The number of carbonyl (C=O) groups excluding carboxylic acids is 2. The van der Waals surface area contributed by atoms with Crippen LogP contribution in [-0.4, -0.2) is 33.0 Å². The zero-order valence-electron chi connectivity index (χ0n) is 12.0. The van der Waals surface area contributed by atoms with Gasteiger partial charge in [0.05, 0.1) is 11.9 Å². The lowest BCUT2D eigenvalue weighted by atomic mass is 9.98. The van der Waals surface area contributed by atoms with Crippen LogP contribution in [0.5, 0.6) is 0 Å². The van der Waals surface area contributed by atoms with Crippen LogP contribution in [0.3, 0.4) is 0 Å². The Morgan fingerprint density at radius 1 is 1.43 bits per heavy atom. The van der Waals surface area contributed by atoms with Crippen molar-refractivity contribution in [2.75, 3.05) is 0 Å². The number of aromatic nitrogens is 2. The van der Waals surface area contributed by atoms with Gasteiger partial charge in [-0.25, -0.2) is 0 Å². The van der Waals surface area contributed by atoms with Gasteiger partial charge in [0.2, 0.25) is 5.91 Å². The Bertz CT molecular complexity index is 733. The van der Waals surface area contributed by atoms with E-state index < -0.39 is 5.91 Å². The van der Waals surface area contributed by atoms with Crippen LogP contribution in [0.15, 0.2) is 12.1 Å². The van der Waals surface area contributed by atoms with E-state index in [4.69, 9.17) is 5.73 Å². The Morgan fingerprint density at radius 2 is 2.19 bits per heavy atom. The summed E-state index contributed by atoms with van der Waals surface area (Å²) in [6, 6.07) is 3.92. The third kappa shape index (κ3) is 2.16. The van der Waals surface area contributed by atoms with Crippen LogP contribution in [-0.2, 0) is 17.8 Å². The number of nitrogens with zero attached hydrogens (tertiary/aromatic N) is 2. The molecule has 0 saturated heterocycles. The summed E-state index contributed by atoms with van der Waals surface area (Å²) in [5, 5.41) is 7.57. The molecule has 1 aliphatic rings. The molecule has 1 aromatic carbocycles. The summed E-state index contributed by atoms with van der Waals surface area (Å²) in [7, 11) is 0. The highest BCUT2D eigenvalue weighted by Gasteiger charge is 2.26. The lowest BCUT2D eigenvalue weighted by Crippen LogP contribution is -2.35. The van der Waals surface area contributed by atoms with Crippen molar-refractivity contribution in [3.63, 3.8) is 0 Å². The normalized spacial score (nSPS) is 15.4. The van der Waals surface area contributed by atoms with E-state index in [1.807, 2.05) is 26.0 Å². The number of nitrogens with one attached hydrogen (secondary N) is 1. The van der Waals surface area contributed by atoms with E-state index in [9.17, 15) is 9.59 Å². The third-order valence-corrected chi connectivity index (χ3v) is 3.90. The maximum absolute atomic E-state index is 12.2. The molecule has 0 spiro atoms. The van der Waals surface area contributed by atoms with Gasteiger partial charge in [-0.1, -0.05) is 6.07 Å². The number of amides is 2. The number of H-pyrrole nitrogens is 1. The monoisotopic (exact) mass is 285 g/mol. The van der Waals surface area contributed by atoms with Crippen LogP contribution in [0.2, 0.25) is 0 Å². The predicted molar refractivity (Wildman–Crippen MR) is 78.3 cm³/mol. The Morgan fingerprint density at radius 3 is 2.86 bits per heavy atom. The average molecular weight is 285 g/mol. The number of hydrogen-bond acceptors (Lipinski definition) is 3. The molecule has 0 atom stereocenters. The fourth-order valence-electron chi connectivity index (χ4n) is 2.78. The molecule has 1 radical (unpaired) electrons. The molecule has 6 nitrogen and oxygen atoms in total. The van der Waals surface area contributed by atoms with Crippen molar-refractivity contribution >= 4 is 22.7 Å². The number of hydrogen-bond donors (Lipinski definition) is 2. The molecule has 109 valence electrons. The van der Waals surface area contributed by atoms with Gasteiger partial charge >= 0.3 is 0 Å². The molecule has 2 amide bonds. The number of carbonyl (C=O) groups is 2. The van der Waals surface area contributed by atoms with E-state index in [0.717, 1.165) is 22.0 Å². The highest BCUT2D eigenvalue weighted by atomic mass is 16.2. The lowest BCUT2D eigenvalue weighted by Gasteiger charge is -2.25. The van der Waals surface area contributed by atoms with Crippen LogP contribution < -0.4 is 5.73 Å². The van der Waals surface area contributed by atoms with Gasteiger partial charge in [-0.2, -0.15) is 5.10 Å². The summed E-state index contributed by atoms with van der Waals surface area (Å²) in [4.78, 5) is 25.5. The maximum atomic E-state index is 12.2. The van der Waals surface area contributed by atoms with Crippen molar-refractivity contribution in [1.82, 2.24) is 15.1 Å². The zero-order chi connectivity index (χ0) is 15.1. The van der Waals surface area contributed by atoms with E-state index in [-0.39, 0.29) is 17.6 Å². The highest BCUT2D eigenvalue weighted by Crippen LogP contribution is 2.29. The second-order valence-electron chi connectivity index (χ2n) is 5.53. The molecule has 0 bridgehead atoms. The molecular weight excluding hydrogens is 268 g/mol. The molecular formula is C15H17N4O2. The SMILES string of the molecule is CC(C)N1Cc2c(ccc3[nH]nc(C(N)=O)c23)C[CH]C1=O. The number of nitrogens with two attached hydrogens (primary N) is 1. The molecule has 3 N–H and O–H groups in total. The Kier molecular flexibility index (Phi) is 3.16. The first-order chi connectivity index (χ1) is 9.99. The predicted octanol–water partition coefficient (Wildman–Crippen LogP) is 1.16. The largest absolute Gasteiger partial charge is 0.364 e. The summed E-state index contributed by atoms with van der Waals surface area (Å²) < 4.78 is 0. The second-order valence-corrected chi connectivity index (χ2v) is 5.53. The van der Waals surface area contributed by atoms with Crippen molar-refractivity contribution in [3.8, 4) is 0 Å². The van der Waals surface area contributed by atoms with Crippen molar-refractivity contribution in [2.24, 2.45) is 5.73 Å². The molecule has 21 heavy (non-hydrogen) atoms. The molecule has 1 aliphatic heterocycles. The van der Waals surface area contributed by atoms with Crippen molar-refractivity contribution < 1.29 is 9.59 Å². The van der Waals surface area contributed by atoms with Gasteiger partial charge in [0, 0.05) is 18.0 Å². The lowest BCUT2D eigenvalue weighted by molar-refractivity contribution is -0.129. The fraction of sp³-hybridized carbons (Fsp3) is 0.333. The van der Waals surface area contributed by atoms with Crippen LogP contribution in [0.4, 0.5) is 0 Å². The van der Waals surface area contributed by atoms with E-state index in [2.05, 4.69) is 10.2 Å². The van der Waals surface area contributed by atoms with E-state index in [0.29, 0.717) is 13.0 Å². The Labute approximate surface area is 122 Å². The number of aromatic amines is 1. The molecule has 6 heteroatoms. The van der Waals surface area contributed by atoms with Crippen LogP contribution >= 0.6 is 0 Å². The Balaban J connectivity index is 2.22. The maximum Gasteiger partial charge on any atom is 0.269 e. The van der Waals surface area contributed by atoms with Gasteiger partial charge in [0.1, 0.15) is 0 Å². The first-order valence-electron chi connectivity index (χ1n) is 6.91. The fourth-order valence-corrected chi connectivity index (χ4v) is 2.78. The summed E-state index contributed by atoms with van der Waals surface area (Å²) in [6.07, 6.45) is 2.23. The number of fused-ring (bicyclic) bond motifs is 3. The van der Waals surface area contributed by atoms with E-state index in [1.165, 1.54) is 0 Å². The van der Waals surface area contributed by atoms with Gasteiger partial charge in [0.25, 0.3) is 5.91 Å². The van der Waals surface area contributed by atoms with Gasteiger partial charge in [-0.05, 0) is 37.5 Å². The average Bonchev–Trinajstić information content (AvgIpc) is 2.78. The first-order valence-corrected chi connectivity index (χ1v) is 6.91. The summed E-state index contributed by atoms with van der Waals surface area (Å²) in [6.45, 7) is 4.40. The van der Waals surface area contributed by atoms with Crippen molar-refractivity contribution in [2.45, 2.75) is 32.9 Å². The minimum absolute atomic E-state index is 0.0125. The molecule has 2 heterocycles. The highest BCUT2D eigenvalue weighted by molar-refractivity contribution is 6.05. The molecule has 0 unspecified atom stereocenters. The molecule has 2 aromatic rings. The molecule has 3 rings (SSSR count). The number of rotatable bonds is 2. The zero-order valence-corrected chi connectivity index (χ0v) is 12.0. The topological polar surface area (TPSA) is 92.1 Å². The molecule has 0 fully saturated rings. The van der Waals surface area contributed by atoms with Crippen molar-refractivity contribution in [1.29, 1.82) is 0 Å². The van der Waals surface area contributed by atoms with Crippen LogP contribution in [0.25, 0.3) is 10.9 Å².